The van der Waals surface area contributed by atoms with E-state index in [1.165, 1.54) is 24.9 Å². The summed E-state index contributed by atoms with van der Waals surface area (Å²) in [6, 6.07) is 16.6. The van der Waals surface area contributed by atoms with Gasteiger partial charge in [0, 0.05) is 37.4 Å². The summed E-state index contributed by atoms with van der Waals surface area (Å²) in [4.78, 5) is 14.7. The summed E-state index contributed by atoms with van der Waals surface area (Å²) in [7, 11) is -3.34. The van der Waals surface area contributed by atoms with E-state index in [4.69, 9.17) is 0 Å². The van der Waals surface area contributed by atoms with E-state index in [2.05, 4.69) is 39.2 Å². The van der Waals surface area contributed by atoms with Crippen LogP contribution >= 0.6 is 0 Å². The van der Waals surface area contributed by atoms with Gasteiger partial charge in [0.2, 0.25) is 15.9 Å². The first-order chi connectivity index (χ1) is 15.7. The summed E-state index contributed by atoms with van der Waals surface area (Å²) in [5.41, 5.74) is 4.33. The monoisotopic (exact) mass is 471 g/mol. The molecule has 0 unspecified atom stereocenters. The van der Waals surface area contributed by atoms with Crippen LogP contribution in [0.25, 0.3) is 11.1 Å². The van der Waals surface area contributed by atoms with Crippen molar-refractivity contribution in [2.24, 2.45) is 0 Å². The van der Waals surface area contributed by atoms with Gasteiger partial charge in [-0.1, -0.05) is 24.3 Å². The van der Waals surface area contributed by atoms with Gasteiger partial charge in [0.15, 0.2) is 0 Å². The van der Waals surface area contributed by atoms with Crippen LogP contribution in [0.4, 0.5) is 11.4 Å². The third-order valence-electron chi connectivity index (χ3n) is 6.02. The summed E-state index contributed by atoms with van der Waals surface area (Å²) >= 11 is 0. The Morgan fingerprint density at radius 1 is 0.879 bits per heavy atom. The second-order valence-corrected chi connectivity index (χ2v) is 12.2. The standard InChI is InChI=1S/C26H37N3O3S/c1-26(2,3)33(31,32)27-18-6-5-9-25(30)28-23-14-10-21(11-15-23)22-12-16-24(17-13-22)29-19-7-4-8-20-29/h10-17,27H,4-9,18-20H2,1-3H3,(H,28,30). The van der Waals surface area contributed by atoms with Gasteiger partial charge in [0.1, 0.15) is 0 Å². The van der Waals surface area contributed by atoms with E-state index in [1.807, 2.05) is 24.3 Å². The van der Waals surface area contributed by atoms with E-state index in [9.17, 15) is 13.2 Å². The van der Waals surface area contributed by atoms with Crippen LogP contribution in [0.15, 0.2) is 48.5 Å². The molecule has 0 bridgehead atoms. The zero-order valence-corrected chi connectivity index (χ0v) is 20.9. The lowest BCUT2D eigenvalue weighted by molar-refractivity contribution is -0.116. The number of nitrogens with zero attached hydrogens (tertiary/aromatic N) is 1. The molecule has 3 rings (SSSR count). The molecule has 2 aromatic carbocycles. The van der Waals surface area contributed by atoms with Crippen LogP contribution in [0.2, 0.25) is 0 Å². The Labute approximate surface area is 198 Å². The van der Waals surface area contributed by atoms with Crippen molar-refractivity contribution in [2.45, 2.75) is 64.0 Å². The van der Waals surface area contributed by atoms with Crippen molar-refractivity contribution in [3.8, 4) is 11.1 Å². The first kappa shape index (κ1) is 25.2. The van der Waals surface area contributed by atoms with E-state index in [0.717, 1.165) is 29.9 Å². The first-order valence-corrected chi connectivity index (χ1v) is 13.4. The molecule has 6 nitrogen and oxygen atoms in total. The Balaban J connectivity index is 1.43. The van der Waals surface area contributed by atoms with Gasteiger partial charge in [-0.2, -0.15) is 0 Å². The fourth-order valence-electron chi connectivity index (χ4n) is 3.82. The van der Waals surface area contributed by atoms with Crippen LogP contribution in [0.1, 0.15) is 59.3 Å². The van der Waals surface area contributed by atoms with Crippen LogP contribution in [-0.2, 0) is 14.8 Å². The molecule has 2 N–H and O–H groups in total. The topological polar surface area (TPSA) is 78.5 Å². The Morgan fingerprint density at radius 3 is 2.03 bits per heavy atom. The van der Waals surface area contributed by atoms with Gasteiger partial charge in [-0.25, -0.2) is 13.1 Å². The second kappa shape index (κ2) is 11.2. The fraction of sp³-hybridized carbons (Fsp3) is 0.500. The van der Waals surface area contributed by atoms with Gasteiger partial charge in [0.05, 0.1) is 4.75 Å². The SMILES string of the molecule is CC(C)(C)S(=O)(=O)NCCCCC(=O)Nc1ccc(-c2ccc(N3CCCCC3)cc2)cc1. The molecule has 0 atom stereocenters. The van der Waals surface area contributed by atoms with Crippen molar-refractivity contribution < 1.29 is 13.2 Å². The second-order valence-electron chi connectivity index (χ2n) is 9.69. The van der Waals surface area contributed by atoms with Crippen LogP contribution < -0.4 is 14.9 Å². The average molecular weight is 472 g/mol. The lowest BCUT2D eigenvalue weighted by Crippen LogP contribution is -2.39. The number of nitrogens with one attached hydrogen (secondary N) is 2. The van der Waals surface area contributed by atoms with E-state index in [1.54, 1.807) is 20.8 Å². The van der Waals surface area contributed by atoms with Gasteiger partial charge in [-0.05, 0) is 88.3 Å². The Hall–Kier alpha value is -2.38. The molecule has 1 heterocycles. The van der Waals surface area contributed by atoms with Crippen molar-refractivity contribution in [3.63, 3.8) is 0 Å². The minimum Gasteiger partial charge on any atom is -0.372 e. The molecule has 1 amide bonds. The number of hydrogen-bond acceptors (Lipinski definition) is 4. The van der Waals surface area contributed by atoms with Gasteiger partial charge >= 0.3 is 0 Å². The summed E-state index contributed by atoms with van der Waals surface area (Å²) < 4.78 is 25.8. The molecular weight excluding hydrogens is 434 g/mol. The zero-order valence-electron chi connectivity index (χ0n) is 20.1. The first-order valence-electron chi connectivity index (χ1n) is 11.9. The van der Waals surface area contributed by atoms with E-state index >= 15 is 0 Å². The van der Waals surface area contributed by atoms with E-state index in [-0.39, 0.29) is 5.91 Å². The number of anilines is 2. The predicted octanol–water partition coefficient (Wildman–Crippen LogP) is 5.17. The number of benzene rings is 2. The number of amides is 1. The summed E-state index contributed by atoms with van der Waals surface area (Å²) in [6.07, 6.45) is 5.47. The van der Waals surface area contributed by atoms with Gasteiger partial charge < -0.3 is 10.2 Å². The maximum atomic E-state index is 12.2. The Kier molecular flexibility index (Phi) is 8.54. The molecule has 0 aliphatic carbocycles. The van der Waals surface area contributed by atoms with Crippen molar-refractivity contribution in [1.82, 2.24) is 4.72 Å². The number of carbonyl (C=O) groups excluding carboxylic acids is 1. The quantitative estimate of drug-likeness (QED) is 0.495. The van der Waals surface area contributed by atoms with Crippen LogP contribution in [0.5, 0.6) is 0 Å². The lowest BCUT2D eigenvalue weighted by Gasteiger charge is -2.28. The van der Waals surface area contributed by atoms with Gasteiger partial charge in [-0.3, -0.25) is 4.79 Å². The number of rotatable bonds is 9. The third-order valence-corrected chi connectivity index (χ3v) is 8.22. The minimum absolute atomic E-state index is 0.0627. The number of hydrogen-bond donors (Lipinski definition) is 2. The van der Waals surface area contributed by atoms with Crippen molar-refractivity contribution in [1.29, 1.82) is 0 Å². The molecule has 0 spiro atoms. The number of piperidine rings is 1. The average Bonchev–Trinajstić information content (AvgIpc) is 2.79. The van der Waals surface area contributed by atoms with E-state index < -0.39 is 14.8 Å². The highest BCUT2D eigenvalue weighted by Crippen LogP contribution is 2.26. The van der Waals surface area contributed by atoms with E-state index in [0.29, 0.717) is 25.8 Å². The molecule has 1 saturated heterocycles. The molecule has 1 fully saturated rings. The molecule has 0 aromatic heterocycles. The Bertz CT molecular complexity index is 1000. The van der Waals surface area contributed by atoms with Gasteiger partial charge in [-0.15, -0.1) is 0 Å². The van der Waals surface area contributed by atoms with Gasteiger partial charge in [0.25, 0.3) is 0 Å². The Morgan fingerprint density at radius 2 is 1.45 bits per heavy atom. The van der Waals surface area contributed by atoms with Crippen LogP contribution in [0.3, 0.4) is 0 Å². The largest absolute Gasteiger partial charge is 0.372 e. The predicted molar refractivity (Wildman–Crippen MR) is 137 cm³/mol. The normalized spacial score (nSPS) is 14.8. The maximum absolute atomic E-state index is 12.2. The molecule has 2 aromatic rings. The molecule has 0 saturated carbocycles. The highest BCUT2D eigenvalue weighted by atomic mass is 32.2. The van der Waals surface area contributed by atoms with Crippen molar-refractivity contribution in [3.05, 3.63) is 48.5 Å². The van der Waals surface area contributed by atoms with Crippen LogP contribution in [-0.4, -0.2) is 38.7 Å². The summed E-state index contributed by atoms with van der Waals surface area (Å²) in [5.74, 6) is -0.0627. The third kappa shape index (κ3) is 7.30. The number of carbonyl (C=O) groups is 1. The smallest absolute Gasteiger partial charge is 0.224 e. The van der Waals surface area contributed by atoms with Crippen molar-refractivity contribution in [2.75, 3.05) is 29.9 Å². The lowest BCUT2D eigenvalue weighted by atomic mass is 10.0. The highest BCUT2D eigenvalue weighted by Gasteiger charge is 2.27. The zero-order chi connectivity index (χ0) is 23.9. The molecule has 0 radical (unpaired) electrons. The molecule has 180 valence electrons. The molecule has 33 heavy (non-hydrogen) atoms. The fourth-order valence-corrected chi connectivity index (χ4v) is 4.67. The maximum Gasteiger partial charge on any atom is 0.224 e. The summed E-state index contributed by atoms with van der Waals surface area (Å²) in [6.45, 7) is 7.62. The highest BCUT2D eigenvalue weighted by molar-refractivity contribution is 7.90. The minimum atomic E-state index is -3.34. The number of unbranched alkanes of at least 4 members (excludes halogenated alkanes) is 1. The van der Waals surface area contributed by atoms with Crippen molar-refractivity contribution >= 4 is 27.3 Å². The molecular formula is C26H37N3O3S. The molecule has 1 aliphatic rings. The molecule has 1 aliphatic heterocycles. The molecule has 7 heteroatoms. The van der Waals surface area contributed by atoms with Crippen LogP contribution in [0, 0.1) is 0 Å². The summed E-state index contributed by atoms with van der Waals surface area (Å²) in [5, 5.41) is 2.92. The number of sulfonamides is 1.